The van der Waals surface area contributed by atoms with Crippen LogP contribution < -0.4 is 0 Å². The maximum absolute atomic E-state index is 10.5. The monoisotopic (exact) mass is 198 g/mol. The molecule has 0 aliphatic rings. The Hall–Kier alpha value is -2.17. The third-order valence-electron chi connectivity index (χ3n) is 0.730. The van der Waals surface area contributed by atoms with Crippen LogP contribution in [0.5, 0.6) is 0 Å². The third kappa shape index (κ3) is 9.83. The zero-order valence-electron chi connectivity index (χ0n) is 7.43. The average Bonchev–Trinajstić information content (AvgIpc) is 2.17. The highest BCUT2D eigenvalue weighted by Gasteiger charge is 2.02. The normalized spacial score (nSPS) is 8.29. The number of carbonyl (C=O) groups is 3. The van der Waals surface area contributed by atoms with Crippen molar-refractivity contribution < 1.29 is 24.2 Å². The summed E-state index contributed by atoms with van der Waals surface area (Å²) < 4.78 is 4.00. The summed E-state index contributed by atoms with van der Waals surface area (Å²) in [6, 6.07) is 0. The number of hydrogen-bond donors (Lipinski definition) is 1. The Morgan fingerprint density at radius 2 is 1.57 bits per heavy atom. The van der Waals surface area contributed by atoms with Crippen molar-refractivity contribution in [3.05, 3.63) is 38.0 Å². The third-order valence-corrected chi connectivity index (χ3v) is 0.730. The number of aliphatic carboxylic acids is 1. The van der Waals surface area contributed by atoms with E-state index in [1.165, 1.54) is 0 Å². The van der Waals surface area contributed by atoms with Gasteiger partial charge in [0.25, 0.3) is 0 Å². The van der Waals surface area contributed by atoms with Crippen LogP contribution in [0.15, 0.2) is 38.0 Å². The number of esters is 2. The molecule has 0 spiro atoms. The molecule has 0 saturated carbocycles. The predicted molar refractivity (Wildman–Crippen MR) is 49.3 cm³/mol. The minimum atomic E-state index is -1.29. The molecule has 0 saturated heterocycles. The molecule has 0 aromatic carbocycles. The molecule has 14 heavy (non-hydrogen) atoms. The van der Waals surface area contributed by atoms with Gasteiger partial charge in [-0.2, -0.15) is 0 Å². The number of hydrogen-bond acceptors (Lipinski definition) is 4. The van der Waals surface area contributed by atoms with Crippen molar-refractivity contribution in [2.24, 2.45) is 0 Å². The van der Waals surface area contributed by atoms with Gasteiger partial charge < -0.3 is 9.84 Å². The van der Waals surface area contributed by atoms with E-state index in [-0.39, 0.29) is 0 Å². The van der Waals surface area contributed by atoms with Gasteiger partial charge in [0.1, 0.15) is 0 Å². The highest BCUT2D eigenvalue weighted by molar-refractivity contribution is 5.98. The molecule has 0 heterocycles. The van der Waals surface area contributed by atoms with Crippen molar-refractivity contribution in [2.45, 2.75) is 0 Å². The van der Waals surface area contributed by atoms with Gasteiger partial charge >= 0.3 is 17.9 Å². The first-order valence-electron chi connectivity index (χ1n) is 3.35. The van der Waals surface area contributed by atoms with Crippen LogP contribution >= 0.6 is 0 Å². The highest BCUT2D eigenvalue weighted by atomic mass is 16.6. The lowest BCUT2D eigenvalue weighted by Gasteiger charge is -1.91. The Morgan fingerprint density at radius 1 is 1.07 bits per heavy atom. The maximum Gasteiger partial charge on any atom is 0.338 e. The van der Waals surface area contributed by atoms with Crippen LogP contribution in [-0.2, 0) is 19.1 Å². The fourth-order valence-corrected chi connectivity index (χ4v) is 0.314. The van der Waals surface area contributed by atoms with E-state index < -0.39 is 17.9 Å². The molecule has 0 atom stereocenters. The molecule has 0 aliphatic heterocycles. The second kappa shape index (κ2) is 8.92. The van der Waals surface area contributed by atoms with Gasteiger partial charge in [0, 0.05) is 18.2 Å². The molecule has 0 unspecified atom stereocenters. The largest absolute Gasteiger partial charge is 0.478 e. The lowest BCUT2D eigenvalue weighted by atomic mass is 10.5. The molecule has 0 aromatic rings. The molecular weight excluding hydrogens is 188 g/mol. The number of carbonyl (C=O) groups excluding carboxylic acids is 2. The summed E-state index contributed by atoms with van der Waals surface area (Å²) >= 11 is 0. The molecule has 0 radical (unpaired) electrons. The summed E-state index contributed by atoms with van der Waals surface area (Å²) in [6.45, 7) is 9.04. The van der Waals surface area contributed by atoms with Crippen molar-refractivity contribution in [1.82, 2.24) is 0 Å². The molecule has 0 amide bonds. The summed E-state index contributed by atoms with van der Waals surface area (Å²) in [7, 11) is 0. The van der Waals surface area contributed by atoms with Crippen LogP contribution in [-0.4, -0.2) is 23.0 Å². The van der Waals surface area contributed by atoms with Crippen LogP contribution in [0.3, 0.4) is 0 Å². The number of ether oxygens (including phenoxy) is 1. The molecule has 76 valence electrons. The van der Waals surface area contributed by atoms with E-state index in [0.717, 1.165) is 6.08 Å². The van der Waals surface area contributed by atoms with Gasteiger partial charge in [0.05, 0.1) is 0 Å². The van der Waals surface area contributed by atoms with Crippen molar-refractivity contribution in [1.29, 1.82) is 0 Å². The van der Waals surface area contributed by atoms with Gasteiger partial charge in [-0.15, -0.1) is 13.2 Å². The van der Waals surface area contributed by atoms with Gasteiger partial charge in [-0.25, -0.2) is 14.4 Å². The molecule has 0 bridgehead atoms. The van der Waals surface area contributed by atoms with Gasteiger partial charge in [-0.3, -0.25) is 0 Å². The summed E-state index contributed by atoms with van der Waals surface area (Å²) in [5.41, 5.74) is 0. The minimum absolute atomic E-state index is 0.568. The van der Waals surface area contributed by atoms with Crippen molar-refractivity contribution in [2.75, 3.05) is 0 Å². The fraction of sp³-hybridized carbons (Fsp3) is 0. The van der Waals surface area contributed by atoms with E-state index in [2.05, 4.69) is 24.5 Å². The van der Waals surface area contributed by atoms with Crippen molar-refractivity contribution in [3.63, 3.8) is 0 Å². The number of carboxylic acids is 1. The SMILES string of the molecule is C=C.C=CC(=O)OC(=O)/C=C\C(=O)O. The smallest absolute Gasteiger partial charge is 0.338 e. The van der Waals surface area contributed by atoms with Gasteiger partial charge in [-0.1, -0.05) is 6.58 Å². The minimum Gasteiger partial charge on any atom is -0.478 e. The lowest BCUT2D eigenvalue weighted by Crippen LogP contribution is -2.07. The van der Waals surface area contributed by atoms with Gasteiger partial charge in [0.2, 0.25) is 0 Å². The Labute approximate surface area is 81.0 Å². The summed E-state index contributed by atoms with van der Waals surface area (Å²) in [6.07, 6.45) is 1.99. The van der Waals surface area contributed by atoms with E-state index in [1.54, 1.807) is 0 Å². The summed E-state index contributed by atoms with van der Waals surface area (Å²) in [5, 5.41) is 8.05. The summed E-state index contributed by atoms with van der Waals surface area (Å²) in [5.74, 6) is -3.25. The van der Waals surface area contributed by atoms with Gasteiger partial charge in [-0.05, 0) is 0 Å². The Balaban J connectivity index is 0. The van der Waals surface area contributed by atoms with E-state index in [1.807, 2.05) is 0 Å². The van der Waals surface area contributed by atoms with Crippen LogP contribution in [0, 0.1) is 0 Å². The average molecular weight is 198 g/mol. The highest BCUT2D eigenvalue weighted by Crippen LogP contribution is 1.84. The molecule has 0 aliphatic carbocycles. The van der Waals surface area contributed by atoms with Crippen LogP contribution in [0.1, 0.15) is 0 Å². The molecular formula is C9H10O5. The second-order valence-electron chi connectivity index (χ2n) is 1.62. The zero-order chi connectivity index (χ0) is 11.6. The first-order valence-corrected chi connectivity index (χ1v) is 3.35. The quantitative estimate of drug-likeness (QED) is 0.312. The van der Waals surface area contributed by atoms with Crippen LogP contribution in [0.25, 0.3) is 0 Å². The topological polar surface area (TPSA) is 80.7 Å². The Kier molecular flexibility index (Phi) is 9.15. The molecule has 5 heteroatoms. The van der Waals surface area contributed by atoms with E-state index in [4.69, 9.17) is 5.11 Å². The molecule has 0 fully saturated rings. The number of carboxylic acid groups (broad SMARTS) is 1. The molecule has 5 nitrogen and oxygen atoms in total. The van der Waals surface area contributed by atoms with E-state index >= 15 is 0 Å². The Bertz CT molecular complexity index is 264. The second-order valence-corrected chi connectivity index (χ2v) is 1.62. The molecule has 1 N–H and O–H groups in total. The van der Waals surface area contributed by atoms with Crippen molar-refractivity contribution in [3.8, 4) is 0 Å². The van der Waals surface area contributed by atoms with Gasteiger partial charge in [0.15, 0.2) is 0 Å². The predicted octanol–water partition coefficient (Wildman–Crippen LogP) is 0.685. The zero-order valence-corrected chi connectivity index (χ0v) is 7.43. The molecule has 0 aromatic heterocycles. The van der Waals surface area contributed by atoms with Crippen molar-refractivity contribution >= 4 is 17.9 Å². The standard InChI is InChI=1S/C7H6O5.C2H4/c1-2-6(10)12-7(11)4-3-5(8)9;1-2/h2-4H,1H2,(H,8,9);1-2H2/b4-3-;. The van der Waals surface area contributed by atoms with E-state index in [0.29, 0.717) is 12.2 Å². The Morgan fingerprint density at radius 3 is 1.93 bits per heavy atom. The first kappa shape index (κ1) is 14.4. The molecule has 0 rings (SSSR count). The van der Waals surface area contributed by atoms with E-state index in [9.17, 15) is 14.4 Å². The lowest BCUT2D eigenvalue weighted by molar-refractivity contribution is -0.152. The maximum atomic E-state index is 10.5. The van der Waals surface area contributed by atoms with Crippen LogP contribution in [0.4, 0.5) is 0 Å². The first-order chi connectivity index (χ1) is 6.56. The number of rotatable bonds is 3. The fourth-order valence-electron chi connectivity index (χ4n) is 0.314. The summed E-state index contributed by atoms with van der Waals surface area (Å²) in [4.78, 5) is 30.7. The van der Waals surface area contributed by atoms with Crippen LogP contribution in [0.2, 0.25) is 0 Å².